The van der Waals surface area contributed by atoms with Crippen LogP contribution < -0.4 is 10.0 Å². The lowest BCUT2D eigenvalue weighted by Crippen LogP contribution is -2.27. The van der Waals surface area contributed by atoms with E-state index in [1.54, 1.807) is 31.2 Å². The van der Waals surface area contributed by atoms with Crippen molar-refractivity contribution < 1.29 is 26.4 Å². The Hall–Kier alpha value is -2.10. The van der Waals surface area contributed by atoms with Crippen LogP contribution in [0, 0.1) is 5.92 Å². The number of sulfonamides is 1. The summed E-state index contributed by atoms with van der Waals surface area (Å²) in [5.41, 5.74) is 0.0495. The minimum atomic E-state index is -4.69. The first-order valence-corrected chi connectivity index (χ1v) is 10.6. The molecule has 0 spiro atoms. The molecule has 0 bridgehead atoms. The van der Waals surface area contributed by atoms with Crippen molar-refractivity contribution in [2.24, 2.45) is 5.92 Å². The van der Waals surface area contributed by atoms with Gasteiger partial charge < -0.3 is 5.32 Å². The van der Waals surface area contributed by atoms with Crippen LogP contribution in [0.5, 0.6) is 0 Å². The van der Waals surface area contributed by atoms with E-state index in [0.717, 1.165) is 25.0 Å². The number of hydrogen-bond donors (Lipinski definition) is 2. The molecule has 2 N–H and O–H groups in total. The fraction of sp³-hybridized carbons (Fsp3) is 0.316. The van der Waals surface area contributed by atoms with E-state index < -0.39 is 32.7 Å². The molecule has 10 heteroatoms. The number of alkyl halides is 3. The maximum atomic E-state index is 12.9. The highest BCUT2D eigenvalue weighted by molar-refractivity contribution is 7.89. The summed E-state index contributed by atoms with van der Waals surface area (Å²) >= 11 is 5.83. The van der Waals surface area contributed by atoms with Crippen LogP contribution >= 0.6 is 11.6 Å². The van der Waals surface area contributed by atoms with Gasteiger partial charge in [0.1, 0.15) is 4.90 Å². The molecule has 1 fully saturated rings. The standard InChI is InChI=1S/C19H18ClF3N2O3S/c1-11(12-4-7-15(8-5-12)24-18(26)13-2-3-13)25-29(27,28)17-10-14(19(21,22)23)6-9-16(17)20/h4-11,13,25H,2-3H2,1H3,(H,24,26). The summed E-state index contributed by atoms with van der Waals surface area (Å²) in [4.78, 5) is 11.1. The van der Waals surface area contributed by atoms with Crippen molar-refractivity contribution in [1.29, 1.82) is 0 Å². The summed E-state index contributed by atoms with van der Waals surface area (Å²) < 4.78 is 66.2. The van der Waals surface area contributed by atoms with Crippen LogP contribution in [0.3, 0.4) is 0 Å². The van der Waals surface area contributed by atoms with Gasteiger partial charge in [-0.2, -0.15) is 13.2 Å². The Balaban J connectivity index is 1.75. The molecule has 1 atom stereocenters. The van der Waals surface area contributed by atoms with Gasteiger partial charge in [0.15, 0.2) is 0 Å². The van der Waals surface area contributed by atoms with Crippen molar-refractivity contribution in [3.8, 4) is 0 Å². The van der Waals surface area contributed by atoms with Crippen LogP contribution in [0.15, 0.2) is 47.4 Å². The van der Waals surface area contributed by atoms with Crippen molar-refractivity contribution >= 4 is 33.2 Å². The minimum Gasteiger partial charge on any atom is -0.326 e. The number of rotatable bonds is 6. The normalized spacial score (nSPS) is 15.8. The molecule has 0 radical (unpaired) electrons. The molecule has 5 nitrogen and oxygen atoms in total. The van der Waals surface area contributed by atoms with Crippen molar-refractivity contribution in [3.63, 3.8) is 0 Å². The summed E-state index contributed by atoms with van der Waals surface area (Å²) in [6.45, 7) is 1.55. The molecule has 0 aliphatic heterocycles. The number of hydrogen-bond acceptors (Lipinski definition) is 3. The molecule has 1 aliphatic rings. The van der Waals surface area contributed by atoms with E-state index in [-0.39, 0.29) is 16.8 Å². The predicted molar refractivity (Wildman–Crippen MR) is 103 cm³/mol. The van der Waals surface area contributed by atoms with E-state index in [1.165, 1.54) is 0 Å². The summed E-state index contributed by atoms with van der Waals surface area (Å²) in [6.07, 6.45) is -2.94. The maximum absolute atomic E-state index is 12.9. The molecular formula is C19H18ClF3N2O3S. The van der Waals surface area contributed by atoms with E-state index in [4.69, 9.17) is 11.6 Å². The monoisotopic (exact) mass is 446 g/mol. The zero-order chi connectivity index (χ0) is 21.4. The highest BCUT2D eigenvalue weighted by Crippen LogP contribution is 2.34. The van der Waals surface area contributed by atoms with Crippen LogP contribution in [-0.2, 0) is 21.0 Å². The van der Waals surface area contributed by atoms with Gasteiger partial charge in [-0.15, -0.1) is 0 Å². The Bertz CT molecular complexity index is 1020. The van der Waals surface area contributed by atoms with E-state index in [9.17, 15) is 26.4 Å². The molecular weight excluding hydrogens is 429 g/mol. The first-order chi connectivity index (χ1) is 13.5. The lowest BCUT2D eigenvalue weighted by atomic mass is 10.1. The van der Waals surface area contributed by atoms with Crippen molar-refractivity contribution in [3.05, 3.63) is 58.6 Å². The lowest BCUT2D eigenvalue weighted by Gasteiger charge is -2.17. The first kappa shape index (κ1) is 21.6. The molecule has 3 rings (SSSR count). The van der Waals surface area contributed by atoms with Crippen LogP contribution in [-0.4, -0.2) is 14.3 Å². The molecule has 29 heavy (non-hydrogen) atoms. The SMILES string of the molecule is CC(NS(=O)(=O)c1cc(C(F)(F)F)ccc1Cl)c1ccc(NC(=O)C2CC2)cc1. The topological polar surface area (TPSA) is 75.3 Å². The molecule has 1 unspecified atom stereocenters. The molecule has 1 saturated carbocycles. The van der Waals surface area contributed by atoms with Gasteiger partial charge in [0.25, 0.3) is 0 Å². The molecule has 0 heterocycles. The second-order valence-electron chi connectivity index (χ2n) is 6.87. The Morgan fingerprint density at radius 1 is 1.14 bits per heavy atom. The largest absolute Gasteiger partial charge is 0.416 e. The molecule has 0 aromatic heterocycles. The Kier molecular flexibility index (Phi) is 5.93. The van der Waals surface area contributed by atoms with E-state index in [1.807, 2.05) is 0 Å². The van der Waals surface area contributed by atoms with E-state index in [2.05, 4.69) is 10.0 Å². The van der Waals surface area contributed by atoms with Gasteiger partial charge >= 0.3 is 6.18 Å². The molecule has 0 saturated heterocycles. The number of nitrogens with one attached hydrogen (secondary N) is 2. The van der Waals surface area contributed by atoms with Gasteiger partial charge in [0, 0.05) is 17.6 Å². The van der Waals surface area contributed by atoms with Crippen LogP contribution in [0.1, 0.15) is 36.9 Å². The number of anilines is 1. The van der Waals surface area contributed by atoms with Gasteiger partial charge in [-0.25, -0.2) is 13.1 Å². The number of benzene rings is 2. The number of amides is 1. The van der Waals surface area contributed by atoms with Crippen LogP contribution in [0.25, 0.3) is 0 Å². The van der Waals surface area contributed by atoms with Crippen molar-refractivity contribution in [2.45, 2.75) is 36.9 Å². The Labute approximate surface area is 171 Å². The van der Waals surface area contributed by atoms with Gasteiger partial charge in [-0.05, 0) is 55.7 Å². The molecule has 2 aromatic carbocycles. The zero-order valence-electron chi connectivity index (χ0n) is 15.3. The quantitative estimate of drug-likeness (QED) is 0.672. The second kappa shape index (κ2) is 7.97. The van der Waals surface area contributed by atoms with Gasteiger partial charge in [-0.3, -0.25) is 4.79 Å². The van der Waals surface area contributed by atoms with Crippen LogP contribution in [0.4, 0.5) is 18.9 Å². The van der Waals surface area contributed by atoms with Crippen molar-refractivity contribution in [1.82, 2.24) is 4.72 Å². The van der Waals surface area contributed by atoms with E-state index >= 15 is 0 Å². The fourth-order valence-electron chi connectivity index (χ4n) is 2.69. The number of halogens is 4. The summed E-state index contributed by atoms with van der Waals surface area (Å²) in [6, 6.07) is 7.93. The zero-order valence-corrected chi connectivity index (χ0v) is 16.8. The van der Waals surface area contributed by atoms with Crippen LogP contribution in [0.2, 0.25) is 5.02 Å². The van der Waals surface area contributed by atoms with Gasteiger partial charge in [0.2, 0.25) is 15.9 Å². The Morgan fingerprint density at radius 3 is 2.31 bits per heavy atom. The van der Waals surface area contributed by atoms with E-state index in [0.29, 0.717) is 17.3 Å². The smallest absolute Gasteiger partial charge is 0.326 e. The van der Waals surface area contributed by atoms with Gasteiger partial charge in [-0.1, -0.05) is 23.7 Å². The third-order valence-corrected chi connectivity index (χ3v) is 6.53. The maximum Gasteiger partial charge on any atom is 0.416 e. The highest BCUT2D eigenvalue weighted by atomic mass is 35.5. The predicted octanol–water partition coefficient (Wildman–Crippen LogP) is 4.75. The summed E-state index contributed by atoms with van der Waals surface area (Å²) in [5, 5.41) is 2.46. The molecule has 1 amide bonds. The fourth-order valence-corrected chi connectivity index (χ4v) is 4.45. The average molecular weight is 447 g/mol. The number of carbonyl (C=O) groups is 1. The third-order valence-electron chi connectivity index (χ3n) is 4.51. The lowest BCUT2D eigenvalue weighted by molar-refractivity contribution is -0.137. The average Bonchev–Trinajstić information content (AvgIpc) is 3.46. The minimum absolute atomic E-state index is 0.0503. The summed E-state index contributed by atoms with van der Waals surface area (Å²) in [7, 11) is -4.30. The molecule has 2 aromatic rings. The second-order valence-corrected chi connectivity index (χ2v) is 8.96. The van der Waals surface area contributed by atoms with Gasteiger partial charge in [0.05, 0.1) is 10.6 Å². The first-order valence-electron chi connectivity index (χ1n) is 8.77. The summed E-state index contributed by atoms with van der Waals surface area (Å²) in [5.74, 6) is 0.00306. The molecule has 1 aliphatic carbocycles. The highest BCUT2D eigenvalue weighted by Gasteiger charge is 2.33. The number of carbonyl (C=O) groups excluding carboxylic acids is 1. The molecule has 156 valence electrons. The third kappa shape index (κ3) is 5.29. The van der Waals surface area contributed by atoms with Crippen molar-refractivity contribution in [2.75, 3.05) is 5.32 Å². The Morgan fingerprint density at radius 2 is 1.76 bits per heavy atom.